The normalized spacial score (nSPS) is 10.2. The quantitative estimate of drug-likeness (QED) is 0.650. The fourth-order valence-electron chi connectivity index (χ4n) is 1.84. The smallest absolute Gasteiger partial charge is 0.271 e. The molecular formula is C16H16N2O3S. The second-order valence-electron chi connectivity index (χ2n) is 4.83. The van der Waals surface area contributed by atoms with Crippen molar-refractivity contribution in [3.63, 3.8) is 0 Å². The van der Waals surface area contributed by atoms with Crippen molar-refractivity contribution in [3.8, 4) is 0 Å². The maximum atomic E-state index is 11.8. The van der Waals surface area contributed by atoms with E-state index in [9.17, 15) is 14.9 Å². The van der Waals surface area contributed by atoms with E-state index < -0.39 is 4.92 Å². The molecule has 0 saturated carbocycles. The van der Waals surface area contributed by atoms with Gasteiger partial charge in [-0.25, -0.2) is 0 Å². The molecule has 0 aliphatic rings. The number of nitro groups is 1. The molecule has 6 heteroatoms. The predicted molar refractivity (Wildman–Crippen MR) is 89.1 cm³/mol. The Balaban J connectivity index is 1.81. The van der Waals surface area contributed by atoms with Crippen LogP contribution in [0.25, 0.3) is 0 Å². The van der Waals surface area contributed by atoms with Gasteiger partial charge in [-0.1, -0.05) is 35.9 Å². The van der Waals surface area contributed by atoms with E-state index in [1.807, 2.05) is 31.2 Å². The number of benzene rings is 2. The number of carbonyl (C=O) groups is 1. The maximum Gasteiger partial charge on any atom is 0.271 e. The highest BCUT2D eigenvalue weighted by Gasteiger charge is 2.08. The summed E-state index contributed by atoms with van der Waals surface area (Å²) in [4.78, 5) is 22.0. The van der Waals surface area contributed by atoms with Gasteiger partial charge in [-0.05, 0) is 18.6 Å². The van der Waals surface area contributed by atoms with Crippen LogP contribution < -0.4 is 5.32 Å². The number of aryl methyl sites for hydroxylation is 1. The van der Waals surface area contributed by atoms with E-state index in [2.05, 4.69) is 5.32 Å². The molecule has 2 aromatic carbocycles. The van der Waals surface area contributed by atoms with E-state index in [-0.39, 0.29) is 11.6 Å². The molecule has 2 aromatic rings. The van der Waals surface area contributed by atoms with Crippen molar-refractivity contribution in [2.24, 2.45) is 0 Å². The number of hydrogen-bond donors (Lipinski definition) is 1. The molecule has 1 N–H and O–H groups in total. The Hall–Kier alpha value is -2.34. The van der Waals surface area contributed by atoms with Gasteiger partial charge in [0.25, 0.3) is 5.69 Å². The number of nitrogens with one attached hydrogen (secondary N) is 1. The minimum Gasteiger partial charge on any atom is -0.325 e. The van der Waals surface area contributed by atoms with Crippen LogP contribution in [0.5, 0.6) is 0 Å². The number of amides is 1. The Bertz CT molecular complexity index is 671. The van der Waals surface area contributed by atoms with Crippen molar-refractivity contribution in [2.45, 2.75) is 12.7 Å². The van der Waals surface area contributed by atoms with Crippen LogP contribution in [0.4, 0.5) is 11.4 Å². The summed E-state index contributed by atoms with van der Waals surface area (Å²) < 4.78 is 0. The number of rotatable bonds is 6. The summed E-state index contributed by atoms with van der Waals surface area (Å²) in [6, 6.07) is 14.1. The lowest BCUT2D eigenvalue weighted by Crippen LogP contribution is -2.14. The highest BCUT2D eigenvalue weighted by atomic mass is 32.2. The van der Waals surface area contributed by atoms with Crippen LogP contribution >= 0.6 is 11.8 Å². The van der Waals surface area contributed by atoms with Crippen LogP contribution in [-0.4, -0.2) is 16.6 Å². The molecule has 0 aromatic heterocycles. The molecule has 0 aliphatic heterocycles. The molecule has 5 nitrogen and oxygen atoms in total. The molecule has 0 unspecified atom stereocenters. The van der Waals surface area contributed by atoms with E-state index in [0.717, 1.165) is 5.75 Å². The van der Waals surface area contributed by atoms with E-state index in [1.165, 1.54) is 35.0 Å². The van der Waals surface area contributed by atoms with Crippen molar-refractivity contribution < 1.29 is 9.72 Å². The van der Waals surface area contributed by atoms with Gasteiger partial charge in [0.05, 0.1) is 10.7 Å². The van der Waals surface area contributed by atoms with E-state index in [4.69, 9.17) is 0 Å². The Morgan fingerprint density at radius 2 is 1.95 bits per heavy atom. The molecular weight excluding hydrogens is 300 g/mol. The minimum absolute atomic E-state index is 0.0369. The molecule has 0 fully saturated rings. The van der Waals surface area contributed by atoms with Crippen LogP contribution in [0.3, 0.4) is 0 Å². The molecule has 114 valence electrons. The number of non-ortho nitro benzene ring substituents is 1. The fourth-order valence-corrected chi connectivity index (χ4v) is 2.63. The Labute approximate surface area is 132 Å². The van der Waals surface area contributed by atoms with Gasteiger partial charge in [-0.2, -0.15) is 0 Å². The average molecular weight is 316 g/mol. The fraction of sp³-hybridized carbons (Fsp3) is 0.188. The molecule has 2 rings (SSSR count). The molecule has 22 heavy (non-hydrogen) atoms. The highest BCUT2D eigenvalue weighted by Crippen LogP contribution is 2.18. The molecule has 1 amide bonds. The Morgan fingerprint density at radius 3 is 2.64 bits per heavy atom. The lowest BCUT2D eigenvalue weighted by molar-refractivity contribution is -0.384. The van der Waals surface area contributed by atoms with Gasteiger partial charge in [0, 0.05) is 23.6 Å². The summed E-state index contributed by atoms with van der Waals surface area (Å²) in [6.07, 6.45) is 0. The summed E-state index contributed by atoms with van der Waals surface area (Å²) in [6.45, 7) is 2.03. The summed E-state index contributed by atoms with van der Waals surface area (Å²) >= 11 is 1.50. The number of anilines is 1. The first kappa shape index (κ1) is 16.0. The van der Waals surface area contributed by atoms with Crippen molar-refractivity contribution in [1.29, 1.82) is 0 Å². The summed E-state index contributed by atoms with van der Waals surface area (Å²) in [5.41, 5.74) is 2.77. The maximum absolute atomic E-state index is 11.8. The molecule has 0 atom stereocenters. The van der Waals surface area contributed by atoms with Gasteiger partial charge in [0.15, 0.2) is 0 Å². The summed E-state index contributed by atoms with van der Waals surface area (Å²) in [5.74, 6) is 0.886. The minimum atomic E-state index is -0.484. The molecule has 0 heterocycles. The number of carbonyl (C=O) groups excluding carboxylic acids is 1. The first-order valence-corrected chi connectivity index (χ1v) is 7.87. The third-order valence-corrected chi connectivity index (χ3v) is 3.97. The zero-order valence-corrected chi connectivity index (χ0v) is 12.9. The average Bonchev–Trinajstić information content (AvgIpc) is 2.49. The molecule has 0 aliphatic carbocycles. The SMILES string of the molecule is Cc1ccc(CSCC(=O)Nc2cccc([N+](=O)[O-])c2)cc1. The number of hydrogen-bond acceptors (Lipinski definition) is 4. The van der Waals surface area contributed by atoms with E-state index >= 15 is 0 Å². The lowest BCUT2D eigenvalue weighted by Gasteiger charge is -2.05. The van der Waals surface area contributed by atoms with Gasteiger partial charge in [-0.15, -0.1) is 11.8 Å². The third kappa shape index (κ3) is 4.89. The van der Waals surface area contributed by atoms with E-state index in [1.54, 1.807) is 12.1 Å². The van der Waals surface area contributed by atoms with Gasteiger partial charge >= 0.3 is 0 Å². The molecule has 0 spiro atoms. The number of nitro benzene ring substituents is 1. The van der Waals surface area contributed by atoms with Crippen molar-refractivity contribution in [2.75, 3.05) is 11.1 Å². The van der Waals surface area contributed by atoms with Crippen LogP contribution in [0.2, 0.25) is 0 Å². The standard InChI is InChI=1S/C16H16N2O3S/c1-12-5-7-13(8-6-12)10-22-11-16(19)17-14-3-2-4-15(9-14)18(20)21/h2-9H,10-11H2,1H3,(H,17,19). The van der Waals surface area contributed by atoms with E-state index in [0.29, 0.717) is 11.4 Å². The first-order valence-electron chi connectivity index (χ1n) is 6.72. The van der Waals surface area contributed by atoms with Crippen molar-refractivity contribution in [1.82, 2.24) is 0 Å². The first-order chi connectivity index (χ1) is 10.5. The van der Waals surface area contributed by atoms with Gasteiger partial charge in [0.2, 0.25) is 5.91 Å². The molecule has 0 saturated heterocycles. The second kappa shape index (κ2) is 7.61. The monoisotopic (exact) mass is 316 g/mol. The molecule has 0 bridgehead atoms. The number of thioether (sulfide) groups is 1. The second-order valence-corrected chi connectivity index (χ2v) is 5.82. The summed E-state index contributed by atoms with van der Waals surface area (Å²) in [5, 5.41) is 13.3. The third-order valence-electron chi connectivity index (χ3n) is 2.96. The van der Waals surface area contributed by atoms with Gasteiger partial charge < -0.3 is 5.32 Å². The Kier molecular flexibility index (Phi) is 5.55. The largest absolute Gasteiger partial charge is 0.325 e. The van der Waals surface area contributed by atoms with Crippen molar-refractivity contribution in [3.05, 3.63) is 69.8 Å². The van der Waals surface area contributed by atoms with Crippen LogP contribution in [-0.2, 0) is 10.5 Å². The summed E-state index contributed by atoms with van der Waals surface area (Å²) in [7, 11) is 0. The van der Waals surface area contributed by atoms with Crippen LogP contribution in [0.15, 0.2) is 48.5 Å². The zero-order valence-electron chi connectivity index (χ0n) is 12.1. The Morgan fingerprint density at radius 1 is 1.23 bits per heavy atom. The zero-order chi connectivity index (χ0) is 15.9. The van der Waals surface area contributed by atoms with Crippen LogP contribution in [0, 0.1) is 17.0 Å². The van der Waals surface area contributed by atoms with Gasteiger partial charge in [-0.3, -0.25) is 14.9 Å². The molecule has 0 radical (unpaired) electrons. The lowest BCUT2D eigenvalue weighted by atomic mass is 10.2. The number of nitrogens with zero attached hydrogens (tertiary/aromatic N) is 1. The predicted octanol–water partition coefficient (Wildman–Crippen LogP) is 3.78. The van der Waals surface area contributed by atoms with Gasteiger partial charge in [0.1, 0.15) is 0 Å². The van der Waals surface area contributed by atoms with Crippen LogP contribution in [0.1, 0.15) is 11.1 Å². The highest BCUT2D eigenvalue weighted by molar-refractivity contribution is 7.99. The topological polar surface area (TPSA) is 72.2 Å². The van der Waals surface area contributed by atoms with Crippen molar-refractivity contribution >= 4 is 29.0 Å².